The number of aryl methyl sites for hydroxylation is 1. The molecule has 0 bridgehead atoms. The number of carboxylic acids is 1. The van der Waals surface area contributed by atoms with Crippen molar-refractivity contribution in [3.8, 4) is 0 Å². The second-order valence-electron chi connectivity index (χ2n) is 2.40. The van der Waals surface area contributed by atoms with Crippen molar-refractivity contribution in [3.63, 3.8) is 0 Å². The summed E-state index contributed by atoms with van der Waals surface area (Å²) in [5, 5.41) is 18.5. The minimum Gasteiger partial charge on any atom is -0.481 e. The van der Waals surface area contributed by atoms with Crippen LogP contribution in [-0.4, -0.2) is 21.2 Å². The Bertz CT molecular complexity index is 284. The van der Waals surface area contributed by atoms with Crippen LogP contribution in [-0.2, 0) is 4.79 Å². The van der Waals surface area contributed by atoms with E-state index >= 15 is 0 Å². The highest BCUT2D eigenvalue weighted by atomic mass is 32.1. The van der Waals surface area contributed by atoms with Crippen LogP contribution in [0.15, 0.2) is 6.20 Å². The van der Waals surface area contributed by atoms with Crippen LogP contribution < -0.4 is 0 Å². The summed E-state index contributed by atoms with van der Waals surface area (Å²) in [4.78, 5) is 14.7. The van der Waals surface area contributed by atoms with E-state index < -0.39 is 12.1 Å². The monoisotopic (exact) mass is 187 g/mol. The third-order valence-corrected chi connectivity index (χ3v) is 2.35. The number of aliphatic hydroxyl groups is 1. The molecular weight excluding hydrogens is 178 g/mol. The van der Waals surface area contributed by atoms with Crippen molar-refractivity contribution < 1.29 is 15.0 Å². The van der Waals surface area contributed by atoms with Gasteiger partial charge < -0.3 is 10.2 Å². The summed E-state index contributed by atoms with van der Waals surface area (Å²) in [6, 6.07) is 0. The Morgan fingerprint density at radius 1 is 1.83 bits per heavy atom. The molecule has 1 unspecified atom stereocenters. The predicted octanol–water partition coefficient (Wildman–Crippen LogP) is 0.960. The van der Waals surface area contributed by atoms with E-state index in [0.29, 0.717) is 4.88 Å². The quantitative estimate of drug-likeness (QED) is 0.739. The van der Waals surface area contributed by atoms with Gasteiger partial charge in [-0.25, -0.2) is 4.98 Å². The highest BCUT2D eigenvalue weighted by Crippen LogP contribution is 2.22. The molecule has 2 N–H and O–H groups in total. The molecule has 0 spiro atoms. The largest absolute Gasteiger partial charge is 0.481 e. The van der Waals surface area contributed by atoms with Crippen LogP contribution in [0.5, 0.6) is 0 Å². The van der Waals surface area contributed by atoms with Gasteiger partial charge in [0.15, 0.2) is 0 Å². The van der Waals surface area contributed by atoms with Crippen LogP contribution in [0.25, 0.3) is 0 Å². The highest BCUT2D eigenvalue weighted by Gasteiger charge is 2.13. The van der Waals surface area contributed by atoms with Gasteiger partial charge in [-0.2, -0.15) is 0 Å². The topological polar surface area (TPSA) is 70.4 Å². The van der Waals surface area contributed by atoms with Crippen molar-refractivity contribution in [3.05, 3.63) is 16.1 Å². The molecule has 4 nitrogen and oxygen atoms in total. The van der Waals surface area contributed by atoms with Crippen molar-refractivity contribution in [2.45, 2.75) is 19.4 Å². The minimum atomic E-state index is -1.01. The Labute approximate surface area is 73.5 Å². The highest BCUT2D eigenvalue weighted by molar-refractivity contribution is 7.11. The molecule has 1 rings (SSSR count). The van der Waals surface area contributed by atoms with E-state index in [1.165, 1.54) is 17.5 Å². The van der Waals surface area contributed by atoms with Gasteiger partial charge in [-0.3, -0.25) is 4.79 Å². The lowest BCUT2D eigenvalue weighted by atomic mass is 10.2. The molecule has 1 aromatic heterocycles. The van der Waals surface area contributed by atoms with E-state index in [0.717, 1.165) is 5.01 Å². The van der Waals surface area contributed by atoms with Gasteiger partial charge in [0.2, 0.25) is 0 Å². The standard InChI is InChI=1S/C7H9NO3S/c1-4-8-3-6(12-4)5(9)2-7(10)11/h3,5,9H,2H2,1H3,(H,10,11). The first kappa shape index (κ1) is 9.15. The number of carbonyl (C=O) groups is 1. The first-order valence-corrected chi connectivity index (χ1v) is 4.23. The maximum atomic E-state index is 10.2. The summed E-state index contributed by atoms with van der Waals surface area (Å²) in [7, 11) is 0. The third kappa shape index (κ3) is 2.28. The molecular formula is C7H9NO3S. The lowest BCUT2D eigenvalue weighted by Gasteiger charge is -2.02. The zero-order chi connectivity index (χ0) is 9.14. The Morgan fingerprint density at radius 3 is 2.92 bits per heavy atom. The fraction of sp³-hybridized carbons (Fsp3) is 0.429. The predicted molar refractivity (Wildman–Crippen MR) is 44.1 cm³/mol. The van der Waals surface area contributed by atoms with E-state index in [-0.39, 0.29) is 6.42 Å². The Morgan fingerprint density at radius 2 is 2.50 bits per heavy atom. The summed E-state index contributed by atoms with van der Waals surface area (Å²) in [5.41, 5.74) is 0. The van der Waals surface area contributed by atoms with Crippen molar-refractivity contribution >= 4 is 17.3 Å². The fourth-order valence-electron chi connectivity index (χ4n) is 0.798. The molecule has 5 heteroatoms. The van der Waals surface area contributed by atoms with Crippen LogP contribution in [0.1, 0.15) is 22.4 Å². The molecule has 0 saturated carbocycles. The van der Waals surface area contributed by atoms with E-state index in [4.69, 9.17) is 5.11 Å². The molecule has 0 aromatic carbocycles. The molecule has 0 aliphatic rings. The molecule has 66 valence electrons. The summed E-state index contributed by atoms with van der Waals surface area (Å²) in [6.07, 6.45) is 0.323. The van der Waals surface area contributed by atoms with E-state index in [9.17, 15) is 9.90 Å². The zero-order valence-electron chi connectivity index (χ0n) is 6.52. The molecule has 0 aliphatic heterocycles. The summed E-state index contributed by atoms with van der Waals surface area (Å²) in [5.74, 6) is -1.01. The number of aliphatic hydroxyl groups excluding tert-OH is 1. The molecule has 0 amide bonds. The summed E-state index contributed by atoms with van der Waals surface area (Å²) in [6.45, 7) is 1.81. The van der Waals surface area contributed by atoms with Gasteiger partial charge in [0, 0.05) is 6.20 Å². The number of thiazole rings is 1. The number of carboxylic acid groups (broad SMARTS) is 1. The second kappa shape index (κ2) is 3.64. The SMILES string of the molecule is Cc1ncc(C(O)CC(=O)O)s1. The van der Waals surface area contributed by atoms with Crippen LogP contribution in [0.4, 0.5) is 0 Å². The molecule has 0 radical (unpaired) electrons. The van der Waals surface area contributed by atoms with Gasteiger partial charge in [-0.05, 0) is 6.92 Å². The first-order chi connectivity index (χ1) is 5.59. The lowest BCUT2D eigenvalue weighted by molar-refractivity contribution is -0.139. The van der Waals surface area contributed by atoms with Gasteiger partial charge in [-0.15, -0.1) is 11.3 Å². The van der Waals surface area contributed by atoms with E-state index in [2.05, 4.69) is 4.98 Å². The molecule has 0 fully saturated rings. The molecule has 12 heavy (non-hydrogen) atoms. The Kier molecular flexibility index (Phi) is 2.78. The van der Waals surface area contributed by atoms with Gasteiger partial charge in [-0.1, -0.05) is 0 Å². The Hall–Kier alpha value is -0.940. The molecule has 0 saturated heterocycles. The number of hydrogen-bond donors (Lipinski definition) is 2. The smallest absolute Gasteiger partial charge is 0.306 e. The maximum Gasteiger partial charge on any atom is 0.306 e. The number of nitrogens with zero attached hydrogens (tertiary/aromatic N) is 1. The van der Waals surface area contributed by atoms with E-state index in [1.54, 1.807) is 0 Å². The van der Waals surface area contributed by atoms with Crippen LogP contribution >= 0.6 is 11.3 Å². The minimum absolute atomic E-state index is 0.262. The fourth-order valence-corrected chi connectivity index (χ4v) is 1.57. The molecule has 0 aliphatic carbocycles. The number of rotatable bonds is 3. The molecule has 1 aromatic rings. The van der Waals surface area contributed by atoms with Gasteiger partial charge in [0.1, 0.15) is 6.10 Å². The number of aromatic nitrogens is 1. The van der Waals surface area contributed by atoms with Gasteiger partial charge in [0.05, 0.1) is 16.3 Å². The van der Waals surface area contributed by atoms with Gasteiger partial charge in [0.25, 0.3) is 0 Å². The summed E-state index contributed by atoms with van der Waals surface area (Å²) < 4.78 is 0. The average Bonchev–Trinajstić information content (AvgIpc) is 2.34. The zero-order valence-corrected chi connectivity index (χ0v) is 7.34. The summed E-state index contributed by atoms with van der Waals surface area (Å²) >= 11 is 1.31. The van der Waals surface area contributed by atoms with Crippen LogP contribution in [0.2, 0.25) is 0 Å². The van der Waals surface area contributed by atoms with E-state index in [1.807, 2.05) is 6.92 Å². The first-order valence-electron chi connectivity index (χ1n) is 3.42. The van der Waals surface area contributed by atoms with Gasteiger partial charge >= 0.3 is 5.97 Å². The lowest BCUT2D eigenvalue weighted by Crippen LogP contribution is -2.03. The maximum absolute atomic E-state index is 10.2. The Balaban J connectivity index is 2.64. The third-order valence-electron chi connectivity index (χ3n) is 1.34. The number of hydrogen-bond acceptors (Lipinski definition) is 4. The van der Waals surface area contributed by atoms with Crippen LogP contribution in [0.3, 0.4) is 0 Å². The molecule has 1 atom stereocenters. The van der Waals surface area contributed by atoms with Crippen molar-refractivity contribution in [2.24, 2.45) is 0 Å². The van der Waals surface area contributed by atoms with Crippen molar-refractivity contribution in [1.29, 1.82) is 0 Å². The average molecular weight is 187 g/mol. The van der Waals surface area contributed by atoms with Crippen molar-refractivity contribution in [1.82, 2.24) is 4.98 Å². The normalized spacial score (nSPS) is 12.8. The van der Waals surface area contributed by atoms with Crippen LogP contribution in [0, 0.1) is 6.92 Å². The number of aliphatic carboxylic acids is 1. The second-order valence-corrected chi connectivity index (χ2v) is 3.66. The van der Waals surface area contributed by atoms with Crippen molar-refractivity contribution in [2.75, 3.05) is 0 Å². The molecule has 1 heterocycles.